The lowest BCUT2D eigenvalue weighted by Gasteiger charge is -2.41. The van der Waals surface area contributed by atoms with Crippen molar-refractivity contribution in [3.05, 3.63) is 32.9 Å². The van der Waals surface area contributed by atoms with Gasteiger partial charge in [0, 0.05) is 37.3 Å². The second kappa shape index (κ2) is 15.5. The Bertz CT molecular complexity index is 1030. The quantitative estimate of drug-likeness (QED) is 0.158. The van der Waals surface area contributed by atoms with Crippen molar-refractivity contribution in [2.45, 2.75) is 76.2 Å². The van der Waals surface area contributed by atoms with E-state index in [1.165, 1.54) is 13.2 Å². The number of halogens is 1. The molecule has 2 amide bonds. The molecule has 4 unspecified atom stereocenters. The summed E-state index contributed by atoms with van der Waals surface area (Å²) in [5.41, 5.74) is 0.756. The number of unbranched alkanes of at least 4 members (excludes halogenated alkanes) is 3. The number of benzene rings is 1. The van der Waals surface area contributed by atoms with E-state index in [0.717, 1.165) is 32.1 Å². The van der Waals surface area contributed by atoms with Crippen LogP contribution in [-0.4, -0.2) is 91.0 Å². The maximum absolute atomic E-state index is 13.6. The number of aliphatic hydroxyl groups is 2. The molecule has 1 fully saturated rings. The van der Waals surface area contributed by atoms with Crippen LogP contribution in [0.3, 0.4) is 0 Å². The summed E-state index contributed by atoms with van der Waals surface area (Å²) < 4.78 is 18.0. The van der Waals surface area contributed by atoms with Crippen LogP contribution in [0.2, 0.25) is 0 Å². The number of amides is 2. The molecule has 1 aromatic carbocycles. The molecule has 216 valence electrons. The van der Waals surface area contributed by atoms with E-state index in [1.54, 1.807) is 17.0 Å². The molecule has 1 aromatic rings. The van der Waals surface area contributed by atoms with E-state index < -0.39 is 30.3 Å². The molecular weight excluding hydrogens is 619 g/mol. The fraction of sp³-hybridized carbons (Fsp3) is 0.607. The van der Waals surface area contributed by atoms with E-state index in [1.807, 2.05) is 22.6 Å². The largest absolute Gasteiger partial charge is 0.493 e. The lowest BCUT2D eigenvalue weighted by atomic mass is 9.87. The molecule has 4 atom stereocenters. The third-order valence-electron chi connectivity index (χ3n) is 7.00. The zero-order valence-electron chi connectivity index (χ0n) is 22.6. The van der Waals surface area contributed by atoms with Gasteiger partial charge in [0.25, 0.3) is 5.91 Å². The van der Waals surface area contributed by atoms with Crippen LogP contribution in [0.1, 0.15) is 62.2 Å². The zero-order chi connectivity index (χ0) is 28.4. The Morgan fingerprint density at radius 3 is 2.72 bits per heavy atom. The SMILES string of the molecule is CCCCCCN(C(=O)C1CCCO1)C1CC(C(=O)NCCO)=CC(Oc2c(I)cc(C=O)cc2OC)C1O. The first-order valence-electron chi connectivity index (χ1n) is 13.5. The topological polar surface area (TPSA) is 135 Å². The van der Waals surface area contributed by atoms with Crippen molar-refractivity contribution in [2.24, 2.45) is 0 Å². The molecular formula is C28H39IN2O8. The van der Waals surface area contributed by atoms with Gasteiger partial charge in [0.2, 0.25) is 5.91 Å². The third-order valence-corrected chi connectivity index (χ3v) is 7.80. The van der Waals surface area contributed by atoms with Gasteiger partial charge in [0.1, 0.15) is 24.6 Å². The maximum Gasteiger partial charge on any atom is 0.252 e. The highest BCUT2D eigenvalue weighted by molar-refractivity contribution is 14.1. The predicted octanol–water partition coefficient (Wildman–Crippen LogP) is 2.62. The van der Waals surface area contributed by atoms with E-state index in [9.17, 15) is 24.6 Å². The van der Waals surface area contributed by atoms with Gasteiger partial charge in [-0.15, -0.1) is 0 Å². The van der Waals surface area contributed by atoms with Crippen molar-refractivity contribution in [3.8, 4) is 11.5 Å². The Labute approximate surface area is 243 Å². The van der Waals surface area contributed by atoms with Crippen molar-refractivity contribution < 1.29 is 38.8 Å². The Morgan fingerprint density at radius 2 is 2.08 bits per heavy atom. The minimum atomic E-state index is -1.15. The van der Waals surface area contributed by atoms with Gasteiger partial charge in [-0.2, -0.15) is 0 Å². The minimum absolute atomic E-state index is 0.0728. The first-order valence-corrected chi connectivity index (χ1v) is 14.6. The van der Waals surface area contributed by atoms with Crippen LogP contribution in [0.15, 0.2) is 23.8 Å². The third kappa shape index (κ3) is 8.15. The molecule has 0 saturated carbocycles. The standard InChI is InChI=1S/C28H39IN2O8/c1-3-4-5-6-10-31(28(36)22-8-7-12-38-22)21-15-19(27(35)30-9-11-32)16-23(25(21)34)39-26-20(29)13-18(17-33)14-24(26)37-2/h13-14,16-17,21-23,25,32,34H,3-12,15H2,1-2H3,(H,30,35). The molecule has 1 aliphatic heterocycles. The van der Waals surface area contributed by atoms with Gasteiger partial charge in [0.05, 0.1) is 23.3 Å². The number of carbonyl (C=O) groups is 3. The van der Waals surface area contributed by atoms with Crippen molar-refractivity contribution in [1.29, 1.82) is 0 Å². The van der Waals surface area contributed by atoms with Gasteiger partial charge in [-0.3, -0.25) is 14.4 Å². The lowest BCUT2D eigenvalue weighted by molar-refractivity contribution is -0.148. The minimum Gasteiger partial charge on any atom is -0.493 e. The van der Waals surface area contributed by atoms with Gasteiger partial charge in [-0.25, -0.2) is 0 Å². The van der Waals surface area contributed by atoms with Crippen molar-refractivity contribution in [3.63, 3.8) is 0 Å². The highest BCUT2D eigenvalue weighted by Crippen LogP contribution is 2.37. The Kier molecular flexibility index (Phi) is 12.5. The summed E-state index contributed by atoms with van der Waals surface area (Å²) in [6, 6.07) is 2.44. The summed E-state index contributed by atoms with van der Waals surface area (Å²) >= 11 is 2.03. The number of hydrogen-bond acceptors (Lipinski definition) is 8. The van der Waals surface area contributed by atoms with Crippen LogP contribution in [0.5, 0.6) is 11.5 Å². The second-order valence-electron chi connectivity index (χ2n) is 9.76. The van der Waals surface area contributed by atoms with Crippen LogP contribution in [0.25, 0.3) is 0 Å². The van der Waals surface area contributed by atoms with Gasteiger partial charge in [-0.1, -0.05) is 26.2 Å². The van der Waals surface area contributed by atoms with Crippen LogP contribution >= 0.6 is 22.6 Å². The van der Waals surface area contributed by atoms with E-state index in [4.69, 9.17) is 14.2 Å². The highest BCUT2D eigenvalue weighted by atomic mass is 127. The molecule has 11 heteroatoms. The number of methoxy groups -OCH3 is 1. The molecule has 3 rings (SSSR count). The Hall–Kier alpha value is -2.22. The summed E-state index contributed by atoms with van der Waals surface area (Å²) in [6.07, 6.45) is 4.87. The first kappa shape index (κ1) is 31.3. The Morgan fingerprint density at radius 1 is 1.28 bits per heavy atom. The molecule has 1 aliphatic carbocycles. The van der Waals surface area contributed by atoms with Crippen molar-refractivity contribution in [1.82, 2.24) is 10.2 Å². The van der Waals surface area contributed by atoms with Crippen molar-refractivity contribution in [2.75, 3.05) is 33.4 Å². The monoisotopic (exact) mass is 658 g/mol. The number of ether oxygens (including phenoxy) is 3. The van der Waals surface area contributed by atoms with Crippen LogP contribution in [-0.2, 0) is 14.3 Å². The smallest absolute Gasteiger partial charge is 0.252 e. The molecule has 1 heterocycles. The molecule has 0 spiro atoms. The van der Waals surface area contributed by atoms with E-state index in [-0.39, 0.29) is 25.5 Å². The maximum atomic E-state index is 13.6. The molecule has 1 saturated heterocycles. The normalized spacial score (nSPS) is 22.6. The zero-order valence-corrected chi connectivity index (χ0v) is 24.7. The molecule has 3 N–H and O–H groups in total. The van der Waals surface area contributed by atoms with Gasteiger partial charge in [-0.05, 0) is 60.1 Å². The van der Waals surface area contributed by atoms with Crippen molar-refractivity contribution >= 4 is 40.7 Å². The van der Waals surface area contributed by atoms with Crippen LogP contribution in [0.4, 0.5) is 0 Å². The Balaban J connectivity index is 1.97. The number of nitrogens with zero attached hydrogens (tertiary/aromatic N) is 1. The average molecular weight is 659 g/mol. The molecule has 39 heavy (non-hydrogen) atoms. The summed E-state index contributed by atoms with van der Waals surface area (Å²) in [6.45, 7) is 2.91. The molecule has 0 bridgehead atoms. The predicted molar refractivity (Wildman–Crippen MR) is 153 cm³/mol. The lowest BCUT2D eigenvalue weighted by Crippen LogP contribution is -2.57. The van der Waals surface area contributed by atoms with Gasteiger partial charge < -0.3 is 34.6 Å². The summed E-state index contributed by atoms with van der Waals surface area (Å²) in [4.78, 5) is 39.6. The number of hydrogen-bond donors (Lipinski definition) is 3. The number of aldehydes is 1. The van der Waals surface area contributed by atoms with E-state index in [2.05, 4.69) is 12.2 Å². The number of nitrogens with one attached hydrogen (secondary N) is 1. The number of carbonyl (C=O) groups excluding carboxylic acids is 3. The second-order valence-corrected chi connectivity index (χ2v) is 10.9. The molecule has 0 aromatic heterocycles. The average Bonchev–Trinajstić information content (AvgIpc) is 3.48. The molecule has 0 radical (unpaired) electrons. The van der Waals surface area contributed by atoms with Crippen LogP contribution < -0.4 is 14.8 Å². The fourth-order valence-electron chi connectivity index (χ4n) is 4.94. The van der Waals surface area contributed by atoms with Crippen LogP contribution in [0, 0.1) is 3.57 Å². The van der Waals surface area contributed by atoms with Gasteiger partial charge >= 0.3 is 0 Å². The summed E-state index contributed by atoms with van der Waals surface area (Å²) in [7, 11) is 1.45. The molecule has 2 aliphatic rings. The summed E-state index contributed by atoms with van der Waals surface area (Å²) in [5.74, 6) is 0.0406. The van der Waals surface area contributed by atoms with E-state index >= 15 is 0 Å². The van der Waals surface area contributed by atoms with E-state index in [0.29, 0.717) is 52.1 Å². The highest BCUT2D eigenvalue weighted by Gasteiger charge is 2.42. The number of rotatable bonds is 14. The molecule has 10 nitrogen and oxygen atoms in total. The summed E-state index contributed by atoms with van der Waals surface area (Å²) in [5, 5.41) is 23.5. The fourth-order valence-corrected chi connectivity index (χ4v) is 5.70. The number of aliphatic hydroxyl groups excluding tert-OH is 2. The van der Waals surface area contributed by atoms with Gasteiger partial charge in [0.15, 0.2) is 11.5 Å². The first-order chi connectivity index (χ1) is 18.8.